The van der Waals surface area contributed by atoms with Crippen LogP contribution in [0.2, 0.25) is 10.0 Å². The zero-order valence-electron chi connectivity index (χ0n) is 26.1. The van der Waals surface area contributed by atoms with Crippen molar-refractivity contribution in [2.75, 3.05) is 18.0 Å². The number of carbonyl (C=O) groups is 2. The van der Waals surface area contributed by atoms with Gasteiger partial charge in [0.2, 0.25) is 11.8 Å². The summed E-state index contributed by atoms with van der Waals surface area (Å²) in [5, 5.41) is 3.70. The fourth-order valence-corrected chi connectivity index (χ4v) is 6.66. The Hall–Kier alpha value is -4.05. The van der Waals surface area contributed by atoms with Crippen LogP contribution < -0.4 is 14.4 Å². The average Bonchev–Trinajstić information content (AvgIpc) is 3.02. The first-order chi connectivity index (χ1) is 21.8. The molecule has 0 aliphatic rings. The molecule has 8 nitrogen and oxygen atoms in total. The number of sulfonamides is 1. The van der Waals surface area contributed by atoms with Crippen molar-refractivity contribution in [3.63, 3.8) is 0 Å². The Labute approximate surface area is 280 Å². The highest BCUT2D eigenvalue weighted by Crippen LogP contribution is 2.32. The SMILES string of the molecule is COc1ccc(N(CC(=O)N(Cc2ccc(Cl)cc2)[C@H](Cc2ccccc2)C(=O)NC(C)(C)C)S(=O)(=O)c2ccccc2)cc1Cl. The summed E-state index contributed by atoms with van der Waals surface area (Å²) in [5.41, 5.74) is 1.11. The molecular weight excluding hydrogens is 645 g/mol. The van der Waals surface area contributed by atoms with E-state index in [2.05, 4.69) is 5.32 Å². The predicted molar refractivity (Wildman–Crippen MR) is 183 cm³/mol. The number of amides is 2. The molecule has 0 radical (unpaired) electrons. The van der Waals surface area contributed by atoms with E-state index < -0.39 is 34.1 Å². The highest BCUT2D eigenvalue weighted by atomic mass is 35.5. The summed E-state index contributed by atoms with van der Waals surface area (Å²) < 4.78 is 34.5. The van der Waals surface area contributed by atoms with Gasteiger partial charge in [-0.25, -0.2) is 8.42 Å². The van der Waals surface area contributed by atoms with Gasteiger partial charge in [0.15, 0.2) is 0 Å². The minimum absolute atomic E-state index is 0.00898. The van der Waals surface area contributed by atoms with E-state index in [1.54, 1.807) is 42.5 Å². The second-order valence-electron chi connectivity index (χ2n) is 11.7. The molecule has 0 spiro atoms. The van der Waals surface area contributed by atoms with E-state index in [-0.39, 0.29) is 34.5 Å². The van der Waals surface area contributed by atoms with E-state index in [1.165, 1.54) is 42.3 Å². The summed E-state index contributed by atoms with van der Waals surface area (Å²) in [7, 11) is -2.81. The fourth-order valence-electron chi connectivity index (χ4n) is 4.85. The highest BCUT2D eigenvalue weighted by Gasteiger charge is 2.35. The Bertz CT molecular complexity index is 1750. The maximum absolute atomic E-state index is 14.5. The Morgan fingerprint density at radius 3 is 2.02 bits per heavy atom. The first kappa shape index (κ1) is 34.8. The summed E-state index contributed by atoms with van der Waals surface area (Å²) >= 11 is 12.6. The van der Waals surface area contributed by atoms with Gasteiger partial charge in [-0.3, -0.25) is 13.9 Å². The van der Waals surface area contributed by atoms with Crippen LogP contribution in [0.1, 0.15) is 31.9 Å². The van der Waals surface area contributed by atoms with Gasteiger partial charge in [-0.05, 0) is 74.4 Å². The van der Waals surface area contributed by atoms with Crippen LogP contribution in [0.25, 0.3) is 0 Å². The van der Waals surface area contributed by atoms with Crippen LogP contribution in [0.15, 0.2) is 108 Å². The number of hydrogen-bond acceptors (Lipinski definition) is 5. The zero-order chi connectivity index (χ0) is 33.5. The monoisotopic (exact) mass is 681 g/mol. The second kappa shape index (κ2) is 15.0. The molecule has 0 bridgehead atoms. The fraction of sp³-hybridized carbons (Fsp3) is 0.257. The van der Waals surface area contributed by atoms with Crippen molar-refractivity contribution in [2.45, 2.75) is 50.2 Å². The minimum Gasteiger partial charge on any atom is -0.495 e. The number of rotatable bonds is 12. The molecule has 4 aromatic carbocycles. The van der Waals surface area contributed by atoms with Crippen LogP contribution in [0, 0.1) is 0 Å². The summed E-state index contributed by atoms with van der Waals surface area (Å²) in [5.74, 6) is -0.616. The lowest BCUT2D eigenvalue weighted by Gasteiger charge is -2.35. The van der Waals surface area contributed by atoms with Crippen molar-refractivity contribution in [2.24, 2.45) is 0 Å². The molecule has 4 rings (SSSR count). The largest absolute Gasteiger partial charge is 0.495 e. The molecule has 11 heteroatoms. The second-order valence-corrected chi connectivity index (χ2v) is 14.4. The number of halogens is 2. The highest BCUT2D eigenvalue weighted by molar-refractivity contribution is 7.92. The molecule has 0 saturated carbocycles. The zero-order valence-corrected chi connectivity index (χ0v) is 28.4. The van der Waals surface area contributed by atoms with Crippen LogP contribution in [0.3, 0.4) is 0 Å². The quantitative estimate of drug-likeness (QED) is 0.178. The molecule has 0 aromatic heterocycles. The lowest BCUT2D eigenvalue weighted by atomic mass is 10.0. The van der Waals surface area contributed by atoms with Gasteiger partial charge in [0, 0.05) is 23.5 Å². The van der Waals surface area contributed by atoms with Gasteiger partial charge in [-0.15, -0.1) is 0 Å². The summed E-state index contributed by atoms with van der Waals surface area (Å²) in [6.45, 7) is 4.99. The normalized spacial score (nSPS) is 12.2. The molecule has 0 aliphatic carbocycles. The molecule has 0 heterocycles. The van der Waals surface area contributed by atoms with Crippen LogP contribution in [0.5, 0.6) is 5.75 Å². The molecular formula is C35H37Cl2N3O5S. The molecule has 242 valence electrons. The molecule has 1 atom stereocenters. The van der Waals surface area contributed by atoms with E-state index in [9.17, 15) is 18.0 Å². The number of ether oxygens (including phenoxy) is 1. The predicted octanol–water partition coefficient (Wildman–Crippen LogP) is 6.75. The smallest absolute Gasteiger partial charge is 0.264 e. The molecule has 2 amide bonds. The number of benzene rings is 4. The van der Waals surface area contributed by atoms with Gasteiger partial charge in [0.25, 0.3) is 10.0 Å². The Morgan fingerprint density at radius 2 is 1.46 bits per heavy atom. The standard InChI is InChI=1S/C35H37Cl2N3O5S/c1-35(2,3)38-34(42)31(21-25-11-7-5-8-12-25)39(23-26-15-17-27(36)18-16-26)33(41)24-40(28-19-20-32(45-4)30(37)22-28)46(43,44)29-13-9-6-10-14-29/h5-20,22,31H,21,23-24H2,1-4H3,(H,38,42)/t31-/m1/s1. The summed E-state index contributed by atoms with van der Waals surface area (Å²) in [4.78, 5) is 29.9. The number of nitrogens with zero attached hydrogens (tertiary/aromatic N) is 2. The summed E-state index contributed by atoms with van der Waals surface area (Å²) in [6.07, 6.45) is 0.196. The molecule has 0 fully saturated rings. The van der Waals surface area contributed by atoms with Gasteiger partial charge >= 0.3 is 0 Å². The molecule has 1 N–H and O–H groups in total. The number of nitrogens with one attached hydrogen (secondary N) is 1. The molecule has 4 aromatic rings. The van der Waals surface area contributed by atoms with Gasteiger partial charge in [-0.2, -0.15) is 0 Å². The third-order valence-electron chi connectivity index (χ3n) is 7.07. The van der Waals surface area contributed by atoms with Gasteiger partial charge in [-0.1, -0.05) is 83.9 Å². The lowest BCUT2D eigenvalue weighted by Crippen LogP contribution is -2.56. The van der Waals surface area contributed by atoms with Gasteiger partial charge < -0.3 is 15.0 Å². The summed E-state index contributed by atoms with van der Waals surface area (Å²) in [6, 6.07) is 27.6. The molecule has 46 heavy (non-hydrogen) atoms. The number of hydrogen-bond donors (Lipinski definition) is 1. The van der Waals surface area contributed by atoms with E-state index in [0.29, 0.717) is 16.3 Å². The lowest BCUT2D eigenvalue weighted by molar-refractivity contribution is -0.140. The van der Waals surface area contributed by atoms with Crippen molar-refractivity contribution >= 4 is 50.7 Å². The van der Waals surface area contributed by atoms with Crippen molar-refractivity contribution < 1.29 is 22.7 Å². The third-order valence-corrected chi connectivity index (χ3v) is 9.40. The topological polar surface area (TPSA) is 96.0 Å². The van der Waals surface area contributed by atoms with E-state index >= 15 is 0 Å². The van der Waals surface area contributed by atoms with E-state index in [4.69, 9.17) is 27.9 Å². The van der Waals surface area contributed by atoms with Crippen molar-refractivity contribution in [1.82, 2.24) is 10.2 Å². The van der Waals surface area contributed by atoms with Crippen LogP contribution >= 0.6 is 23.2 Å². The maximum atomic E-state index is 14.5. The van der Waals surface area contributed by atoms with Crippen LogP contribution in [-0.4, -0.2) is 50.4 Å². The molecule has 0 unspecified atom stereocenters. The number of methoxy groups -OCH3 is 1. The van der Waals surface area contributed by atoms with E-state index in [0.717, 1.165) is 9.87 Å². The van der Waals surface area contributed by atoms with Crippen LogP contribution in [0.4, 0.5) is 5.69 Å². The van der Waals surface area contributed by atoms with E-state index in [1.807, 2.05) is 51.1 Å². The first-order valence-corrected chi connectivity index (χ1v) is 16.8. The van der Waals surface area contributed by atoms with Crippen molar-refractivity contribution in [3.05, 3.63) is 124 Å². The third kappa shape index (κ3) is 9.02. The number of anilines is 1. The Balaban J connectivity index is 1.83. The Morgan fingerprint density at radius 1 is 0.848 bits per heavy atom. The average molecular weight is 683 g/mol. The van der Waals surface area contributed by atoms with Crippen molar-refractivity contribution in [3.8, 4) is 5.75 Å². The Kier molecular flexibility index (Phi) is 11.4. The maximum Gasteiger partial charge on any atom is 0.264 e. The van der Waals surface area contributed by atoms with Crippen molar-refractivity contribution in [1.29, 1.82) is 0 Å². The molecule has 0 saturated heterocycles. The number of carbonyl (C=O) groups excluding carboxylic acids is 2. The van der Waals surface area contributed by atoms with Gasteiger partial charge in [0.1, 0.15) is 18.3 Å². The molecule has 0 aliphatic heterocycles. The van der Waals surface area contributed by atoms with Crippen LogP contribution in [-0.2, 0) is 32.6 Å². The minimum atomic E-state index is -4.26. The first-order valence-electron chi connectivity index (χ1n) is 14.6. The van der Waals surface area contributed by atoms with Gasteiger partial charge in [0.05, 0.1) is 22.7 Å².